The Hall–Kier alpha value is -3.36. The van der Waals surface area contributed by atoms with E-state index in [0.29, 0.717) is 0 Å². The summed E-state index contributed by atoms with van der Waals surface area (Å²) in [7, 11) is 0. The molecule has 2 aromatic rings. The number of ether oxygens (including phenoxy) is 1. The molecule has 0 amide bonds. The van der Waals surface area contributed by atoms with Gasteiger partial charge in [0, 0.05) is 24.5 Å². The van der Waals surface area contributed by atoms with Gasteiger partial charge in [-0.2, -0.15) is 0 Å². The topological polar surface area (TPSA) is 133 Å². The van der Waals surface area contributed by atoms with Crippen molar-refractivity contribution in [3.8, 4) is 5.75 Å². The Labute approximate surface area is 117 Å². The molecule has 1 aromatic heterocycles. The van der Waals surface area contributed by atoms with E-state index in [-0.39, 0.29) is 11.4 Å². The smallest absolute Gasteiger partial charge is 0.364 e. The molecule has 0 saturated carbocycles. The monoisotopic (exact) mass is 289 g/mol. The first kappa shape index (κ1) is 14.1. The minimum atomic E-state index is -1.42. The van der Waals surface area contributed by atoms with Crippen molar-refractivity contribution in [2.45, 2.75) is 0 Å². The average molecular weight is 289 g/mol. The van der Waals surface area contributed by atoms with Crippen LogP contribution in [0.15, 0.2) is 36.7 Å². The van der Waals surface area contributed by atoms with Crippen LogP contribution in [0.3, 0.4) is 0 Å². The number of aromatic nitrogens is 2. The second kappa shape index (κ2) is 5.74. The number of carbonyl (C=O) groups is 2. The quantitative estimate of drug-likeness (QED) is 0.385. The van der Waals surface area contributed by atoms with Crippen molar-refractivity contribution in [2.24, 2.45) is 0 Å². The highest BCUT2D eigenvalue weighted by atomic mass is 16.6. The van der Waals surface area contributed by atoms with E-state index in [0.717, 1.165) is 24.5 Å². The molecule has 21 heavy (non-hydrogen) atoms. The summed E-state index contributed by atoms with van der Waals surface area (Å²) < 4.78 is 4.90. The van der Waals surface area contributed by atoms with Crippen LogP contribution in [0.1, 0.15) is 21.0 Å². The number of esters is 1. The standard InChI is InChI=1S/C12H7N3O6/c16-11(17)9-10(14-6-5-13-9)12(18)21-8-3-1-7(2-4-8)15(19)20/h1-6H,(H,16,17). The molecule has 0 radical (unpaired) electrons. The molecule has 0 fully saturated rings. The largest absolute Gasteiger partial charge is 0.476 e. The average Bonchev–Trinajstić information content (AvgIpc) is 2.47. The first-order valence-corrected chi connectivity index (χ1v) is 5.50. The van der Waals surface area contributed by atoms with Gasteiger partial charge < -0.3 is 9.84 Å². The van der Waals surface area contributed by atoms with Crippen LogP contribution in [0.4, 0.5) is 5.69 Å². The maximum atomic E-state index is 11.8. The van der Waals surface area contributed by atoms with Gasteiger partial charge in [-0.1, -0.05) is 0 Å². The third-order valence-electron chi connectivity index (χ3n) is 2.35. The van der Waals surface area contributed by atoms with Gasteiger partial charge in [0.05, 0.1) is 4.92 Å². The van der Waals surface area contributed by atoms with Crippen molar-refractivity contribution in [1.82, 2.24) is 9.97 Å². The van der Waals surface area contributed by atoms with Crippen molar-refractivity contribution in [3.05, 3.63) is 58.2 Å². The maximum absolute atomic E-state index is 11.8. The van der Waals surface area contributed by atoms with Gasteiger partial charge in [-0.25, -0.2) is 19.6 Å². The molecule has 2 rings (SSSR count). The van der Waals surface area contributed by atoms with Crippen LogP contribution in [0.2, 0.25) is 0 Å². The molecule has 1 N–H and O–H groups in total. The predicted molar refractivity (Wildman–Crippen MR) is 67.0 cm³/mol. The van der Waals surface area contributed by atoms with Crippen molar-refractivity contribution >= 4 is 17.6 Å². The summed E-state index contributed by atoms with van der Waals surface area (Å²) in [5.74, 6) is -2.42. The number of rotatable bonds is 4. The highest BCUT2D eigenvalue weighted by Gasteiger charge is 2.21. The zero-order valence-electron chi connectivity index (χ0n) is 10.3. The number of aromatic carboxylic acids is 1. The molecular weight excluding hydrogens is 282 g/mol. The van der Waals surface area contributed by atoms with Crippen molar-refractivity contribution < 1.29 is 24.4 Å². The Morgan fingerprint density at radius 3 is 2.19 bits per heavy atom. The van der Waals surface area contributed by atoms with Crippen LogP contribution >= 0.6 is 0 Å². The summed E-state index contributed by atoms with van der Waals surface area (Å²) in [6.45, 7) is 0. The van der Waals surface area contributed by atoms with Gasteiger partial charge in [0.1, 0.15) is 5.75 Å². The number of carboxylic acid groups (broad SMARTS) is 1. The van der Waals surface area contributed by atoms with E-state index in [1.54, 1.807) is 0 Å². The minimum Gasteiger partial charge on any atom is -0.476 e. The SMILES string of the molecule is O=C(O)c1nccnc1C(=O)Oc1ccc([N+](=O)[O-])cc1. The second-order valence-electron chi connectivity index (χ2n) is 3.70. The molecule has 0 saturated heterocycles. The van der Waals surface area contributed by atoms with Gasteiger partial charge in [0.25, 0.3) is 5.69 Å². The lowest BCUT2D eigenvalue weighted by Crippen LogP contribution is -2.17. The fourth-order valence-electron chi connectivity index (χ4n) is 1.44. The van der Waals surface area contributed by atoms with Gasteiger partial charge >= 0.3 is 11.9 Å². The molecule has 0 bridgehead atoms. The van der Waals surface area contributed by atoms with E-state index in [9.17, 15) is 19.7 Å². The predicted octanol–water partition coefficient (Wildman–Crippen LogP) is 1.30. The summed E-state index contributed by atoms with van der Waals surface area (Å²) >= 11 is 0. The van der Waals surface area contributed by atoms with Crippen LogP contribution in [-0.2, 0) is 0 Å². The van der Waals surface area contributed by atoms with Gasteiger partial charge in [-0.3, -0.25) is 10.1 Å². The first-order chi connectivity index (χ1) is 9.99. The minimum absolute atomic E-state index is 0.0209. The normalized spacial score (nSPS) is 9.90. The van der Waals surface area contributed by atoms with Crippen molar-refractivity contribution in [1.29, 1.82) is 0 Å². The molecule has 0 aliphatic heterocycles. The van der Waals surface area contributed by atoms with Gasteiger partial charge in [-0.15, -0.1) is 0 Å². The number of hydrogen-bond acceptors (Lipinski definition) is 7. The number of non-ortho nitro benzene ring substituents is 1. The van der Waals surface area contributed by atoms with Crippen LogP contribution in [0.25, 0.3) is 0 Å². The molecule has 0 atom stereocenters. The van der Waals surface area contributed by atoms with Gasteiger partial charge in [0.2, 0.25) is 0 Å². The fraction of sp³-hybridized carbons (Fsp3) is 0. The van der Waals surface area contributed by atoms with Crippen LogP contribution in [0, 0.1) is 10.1 Å². The number of nitro benzene ring substituents is 1. The molecule has 0 unspecified atom stereocenters. The zero-order chi connectivity index (χ0) is 15.4. The van der Waals surface area contributed by atoms with Crippen LogP contribution in [0.5, 0.6) is 5.75 Å². The molecule has 9 heteroatoms. The molecule has 0 aliphatic rings. The van der Waals surface area contributed by atoms with E-state index < -0.39 is 28.2 Å². The van der Waals surface area contributed by atoms with E-state index in [2.05, 4.69) is 9.97 Å². The Balaban J connectivity index is 2.22. The summed E-state index contributed by atoms with van der Waals surface area (Å²) in [4.78, 5) is 39.8. The summed E-state index contributed by atoms with van der Waals surface area (Å²) in [6, 6.07) is 4.73. The first-order valence-electron chi connectivity index (χ1n) is 5.50. The lowest BCUT2D eigenvalue weighted by atomic mass is 10.3. The molecule has 0 spiro atoms. The molecule has 0 aliphatic carbocycles. The molecule has 1 heterocycles. The number of hydrogen-bond donors (Lipinski definition) is 1. The highest BCUT2D eigenvalue weighted by molar-refractivity contribution is 6.00. The number of carboxylic acids is 1. The lowest BCUT2D eigenvalue weighted by Gasteiger charge is -2.04. The second-order valence-corrected chi connectivity index (χ2v) is 3.70. The number of nitrogens with zero attached hydrogens (tertiary/aromatic N) is 3. The third kappa shape index (κ3) is 3.15. The third-order valence-corrected chi connectivity index (χ3v) is 2.35. The van der Waals surface area contributed by atoms with E-state index >= 15 is 0 Å². The fourth-order valence-corrected chi connectivity index (χ4v) is 1.44. The van der Waals surface area contributed by atoms with Gasteiger partial charge in [-0.05, 0) is 12.1 Å². The number of carbonyl (C=O) groups excluding carboxylic acids is 1. The zero-order valence-corrected chi connectivity index (χ0v) is 10.3. The number of nitro groups is 1. The Morgan fingerprint density at radius 1 is 1.10 bits per heavy atom. The van der Waals surface area contributed by atoms with Crippen LogP contribution < -0.4 is 4.74 Å². The van der Waals surface area contributed by atoms with E-state index in [1.807, 2.05) is 0 Å². The van der Waals surface area contributed by atoms with Crippen molar-refractivity contribution in [3.63, 3.8) is 0 Å². The number of benzene rings is 1. The lowest BCUT2D eigenvalue weighted by molar-refractivity contribution is -0.384. The molecule has 106 valence electrons. The Kier molecular flexibility index (Phi) is 3.84. The van der Waals surface area contributed by atoms with Crippen molar-refractivity contribution in [2.75, 3.05) is 0 Å². The maximum Gasteiger partial charge on any atom is 0.364 e. The molecule has 9 nitrogen and oxygen atoms in total. The van der Waals surface area contributed by atoms with E-state index in [4.69, 9.17) is 9.84 Å². The van der Waals surface area contributed by atoms with Gasteiger partial charge in [0.15, 0.2) is 11.4 Å². The molecular formula is C12H7N3O6. The summed E-state index contributed by atoms with van der Waals surface area (Å²) in [5.41, 5.74) is -1.16. The molecule has 1 aromatic carbocycles. The Morgan fingerprint density at radius 2 is 1.67 bits per heavy atom. The summed E-state index contributed by atoms with van der Waals surface area (Å²) in [6.07, 6.45) is 2.28. The highest BCUT2D eigenvalue weighted by Crippen LogP contribution is 2.18. The van der Waals surface area contributed by atoms with E-state index in [1.165, 1.54) is 12.1 Å². The summed E-state index contributed by atoms with van der Waals surface area (Å²) in [5, 5.41) is 19.4. The Bertz CT molecular complexity index is 713. The van der Waals surface area contributed by atoms with Crippen LogP contribution in [-0.4, -0.2) is 31.9 Å².